The topological polar surface area (TPSA) is 120 Å². The number of piperidine rings is 1. The van der Waals surface area contributed by atoms with E-state index in [4.69, 9.17) is 17.3 Å². The molecule has 1 amide bonds. The van der Waals surface area contributed by atoms with E-state index in [1.165, 1.54) is 6.33 Å². The Hall–Kier alpha value is -2.68. The maximum atomic E-state index is 12.9. The van der Waals surface area contributed by atoms with Crippen LogP contribution in [0.2, 0.25) is 5.02 Å². The molecular formula is C20H23ClN6O2. The summed E-state index contributed by atoms with van der Waals surface area (Å²) in [5.41, 5.74) is 7.02. The number of aliphatic hydroxyl groups is 1. The number of aromatic amines is 1. The molecule has 1 aliphatic rings. The minimum Gasteiger partial charge on any atom is -0.394 e. The fraction of sp³-hybridized carbons (Fsp3) is 0.350. The van der Waals surface area contributed by atoms with Gasteiger partial charge in [0.1, 0.15) is 17.8 Å². The van der Waals surface area contributed by atoms with Crippen molar-refractivity contribution in [1.82, 2.24) is 20.3 Å². The number of nitrogens with two attached hydrogens (primary N) is 1. The van der Waals surface area contributed by atoms with Gasteiger partial charge in [0.05, 0.1) is 23.6 Å². The predicted octanol–water partition coefficient (Wildman–Crippen LogP) is 1.76. The zero-order valence-corrected chi connectivity index (χ0v) is 16.6. The minimum absolute atomic E-state index is 0.220. The fourth-order valence-electron chi connectivity index (χ4n) is 3.69. The van der Waals surface area contributed by atoms with Gasteiger partial charge in [-0.25, -0.2) is 9.97 Å². The molecule has 1 aliphatic heterocycles. The van der Waals surface area contributed by atoms with Crippen molar-refractivity contribution in [1.29, 1.82) is 0 Å². The number of rotatable bonds is 5. The normalized spacial score (nSPS) is 17.3. The van der Waals surface area contributed by atoms with Crippen LogP contribution in [0.15, 0.2) is 42.9 Å². The first-order chi connectivity index (χ1) is 14.0. The number of nitrogens with one attached hydrogen (secondary N) is 2. The molecule has 3 aromatic rings. The Kier molecular flexibility index (Phi) is 5.40. The quantitative estimate of drug-likeness (QED) is 0.505. The maximum absolute atomic E-state index is 12.9. The number of halogens is 1. The maximum Gasteiger partial charge on any atom is 0.240 e. The smallest absolute Gasteiger partial charge is 0.240 e. The Morgan fingerprint density at radius 3 is 2.69 bits per heavy atom. The van der Waals surface area contributed by atoms with E-state index in [9.17, 15) is 9.90 Å². The number of nitrogens with zero attached hydrogens (tertiary/aromatic N) is 3. The molecule has 0 bridgehead atoms. The van der Waals surface area contributed by atoms with Crippen molar-refractivity contribution in [3.63, 3.8) is 0 Å². The van der Waals surface area contributed by atoms with Gasteiger partial charge in [0.25, 0.3) is 0 Å². The number of hydrogen-bond acceptors (Lipinski definition) is 6. The number of hydrogen-bond donors (Lipinski definition) is 4. The molecule has 0 aliphatic carbocycles. The molecule has 0 radical (unpaired) electrons. The summed E-state index contributed by atoms with van der Waals surface area (Å²) in [4.78, 5) is 26.8. The Bertz CT molecular complexity index is 998. The molecule has 152 valence electrons. The molecule has 1 aromatic carbocycles. The van der Waals surface area contributed by atoms with Crippen LogP contribution in [0.5, 0.6) is 0 Å². The van der Waals surface area contributed by atoms with E-state index in [0.717, 1.165) is 22.4 Å². The lowest BCUT2D eigenvalue weighted by Gasteiger charge is -2.39. The summed E-state index contributed by atoms with van der Waals surface area (Å²) < 4.78 is 0. The SMILES string of the molecule is NC1(C(=O)N[C@@H](CO)c2ccc(Cl)cc2)CCN(c2ncnc3[nH]ccc23)CC1. The van der Waals surface area contributed by atoms with E-state index >= 15 is 0 Å². The van der Waals surface area contributed by atoms with E-state index in [2.05, 4.69) is 25.2 Å². The zero-order chi connectivity index (χ0) is 20.4. The standard InChI is InChI=1S/C20H23ClN6O2/c21-14-3-1-13(2-4-14)16(11-28)26-19(29)20(22)6-9-27(10-7-20)18-15-5-8-23-17(15)24-12-25-18/h1-5,8,12,16,28H,6-7,9-11,22H2,(H,26,29)(H,23,24,25)/t16-/m0/s1. The Morgan fingerprint density at radius 2 is 2.00 bits per heavy atom. The summed E-state index contributed by atoms with van der Waals surface area (Å²) >= 11 is 5.92. The molecule has 8 nitrogen and oxygen atoms in total. The molecule has 29 heavy (non-hydrogen) atoms. The van der Waals surface area contributed by atoms with Gasteiger partial charge in [0.2, 0.25) is 5.91 Å². The number of aromatic nitrogens is 3. The summed E-state index contributed by atoms with van der Waals surface area (Å²) in [7, 11) is 0. The Balaban J connectivity index is 1.43. The van der Waals surface area contributed by atoms with Crippen LogP contribution >= 0.6 is 11.6 Å². The third-order valence-corrected chi connectivity index (χ3v) is 5.75. The predicted molar refractivity (Wildman–Crippen MR) is 112 cm³/mol. The van der Waals surface area contributed by atoms with E-state index in [1.807, 2.05) is 12.3 Å². The second kappa shape index (κ2) is 7.98. The van der Waals surface area contributed by atoms with Crippen molar-refractivity contribution in [3.8, 4) is 0 Å². The number of amides is 1. The van der Waals surface area contributed by atoms with Gasteiger partial charge in [0.15, 0.2) is 0 Å². The van der Waals surface area contributed by atoms with Gasteiger partial charge >= 0.3 is 0 Å². The number of aliphatic hydroxyl groups excluding tert-OH is 1. The highest BCUT2D eigenvalue weighted by molar-refractivity contribution is 6.30. The van der Waals surface area contributed by atoms with Crippen LogP contribution in [-0.2, 0) is 4.79 Å². The number of carbonyl (C=O) groups is 1. The number of benzene rings is 1. The number of fused-ring (bicyclic) bond motifs is 1. The number of carbonyl (C=O) groups excluding carboxylic acids is 1. The van der Waals surface area contributed by atoms with Crippen LogP contribution in [-0.4, -0.2) is 51.2 Å². The minimum atomic E-state index is -0.999. The molecule has 1 fully saturated rings. The highest BCUT2D eigenvalue weighted by Gasteiger charge is 2.39. The first kappa shape index (κ1) is 19.6. The molecule has 9 heteroatoms. The van der Waals surface area contributed by atoms with E-state index in [1.54, 1.807) is 24.3 Å². The van der Waals surface area contributed by atoms with Gasteiger partial charge in [-0.2, -0.15) is 0 Å². The van der Waals surface area contributed by atoms with Crippen molar-refractivity contribution in [3.05, 3.63) is 53.4 Å². The summed E-state index contributed by atoms with van der Waals surface area (Å²) in [6.07, 6.45) is 4.32. The largest absolute Gasteiger partial charge is 0.394 e. The van der Waals surface area contributed by atoms with Crippen molar-refractivity contribution in [2.45, 2.75) is 24.4 Å². The van der Waals surface area contributed by atoms with Crippen molar-refractivity contribution in [2.24, 2.45) is 5.73 Å². The van der Waals surface area contributed by atoms with Gasteiger partial charge in [-0.1, -0.05) is 23.7 Å². The fourth-order valence-corrected chi connectivity index (χ4v) is 3.81. The third-order valence-electron chi connectivity index (χ3n) is 5.50. The Morgan fingerprint density at radius 1 is 1.28 bits per heavy atom. The van der Waals surface area contributed by atoms with Crippen LogP contribution < -0.4 is 16.0 Å². The first-order valence-electron chi connectivity index (χ1n) is 9.49. The summed E-state index contributed by atoms with van der Waals surface area (Å²) in [6, 6.07) is 8.44. The van der Waals surface area contributed by atoms with Crippen LogP contribution in [0, 0.1) is 0 Å². The molecule has 5 N–H and O–H groups in total. The van der Waals surface area contributed by atoms with Gasteiger partial charge in [0, 0.05) is 24.3 Å². The second-order valence-electron chi connectivity index (χ2n) is 7.34. The first-order valence-corrected chi connectivity index (χ1v) is 9.87. The van der Waals surface area contributed by atoms with Crippen LogP contribution in [0.1, 0.15) is 24.4 Å². The van der Waals surface area contributed by atoms with E-state index in [-0.39, 0.29) is 12.5 Å². The highest BCUT2D eigenvalue weighted by atomic mass is 35.5. The molecular weight excluding hydrogens is 392 g/mol. The van der Waals surface area contributed by atoms with Crippen LogP contribution in [0.4, 0.5) is 5.82 Å². The Labute approximate surface area is 173 Å². The monoisotopic (exact) mass is 414 g/mol. The summed E-state index contributed by atoms with van der Waals surface area (Å²) in [6.45, 7) is 0.986. The zero-order valence-electron chi connectivity index (χ0n) is 15.8. The molecule has 1 saturated heterocycles. The van der Waals surface area contributed by atoms with Gasteiger partial charge < -0.3 is 26.0 Å². The molecule has 0 spiro atoms. The molecule has 0 unspecified atom stereocenters. The van der Waals surface area contributed by atoms with E-state index in [0.29, 0.717) is 31.0 Å². The number of anilines is 1. The average Bonchev–Trinajstić information content (AvgIpc) is 3.22. The molecule has 3 heterocycles. The van der Waals surface area contributed by atoms with Crippen LogP contribution in [0.3, 0.4) is 0 Å². The molecule has 1 atom stereocenters. The highest BCUT2D eigenvalue weighted by Crippen LogP contribution is 2.28. The summed E-state index contributed by atoms with van der Waals surface area (Å²) in [5, 5.41) is 14.2. The van der Waals surface area contributed by atoms with E-state index < -0.39 is 11.6 Å². The van der Waals surface area contributed by atoms with Crippen molar-refractivity contribution < 1.29 is 9.90 Å². The lowest BCUT2D eigenvalue weighted by molar-refractivity contribution is -0.128. The molecule has 4 rings (SSSR count). The lowest BCUT2D eigenvalue weighted by atomic mass is 9.87. The second-order valence-corrected chi connectivity index (χ2v) is 7.78. The van der Waals surface area contributed by atoms with Crippen molar-refractivity contribution >= 4 is 34.4 Å². The van der Waals surface area contributed by atoms with Gasteiger partial charge in [-0.15, -0.1) is 0 Å². The summed E-state index contributed by atoms with van der Waals surface area (Å²) in [5.74, 6) is 0.578. The third kappa shape index (κ3) is 3.91. The van der Waals surface area contributed by atoms with Gasteiger partial charge in [-0.05, 0) is 36.6 Å². The van der Waals surface area contributed by atoms with Crippen molar-refractivity contribution in [2.75, 3.05) is 24.6 Å². The van der Waals surface area contributed by atoms with Gasteiger partial charge in [-0.3, -0.25) is 4.79 Å². The van der Waals surface area contributed by atoms with Crippen LogP contribution in [0.25, 0.3) is 11.0 Å². The average molecular weight is 415 g/mol. The lowest BCUT2D eigenvalue weighted by Crippen LogP contribution is -2.60. The molecule has 2 aromatic heterocycles. The number of H-pyrrole nitrogens is 1. The molecule has 0 saturated carbocycles.